The third-order valence-electron chi connectivity index (χ3n) is 10.1. The molecule has 3 nitrogen and oxygen atoms in total. The van der Waals surface area contributed by atoms with Crippen LogP contribution in [0.4, 0.5) is 30.7 Å². The van der Waals surface area contributed by atoms with Gasteiger partial charge in [-0.15, -0.1) is 0 Å². The van der Waals surface area contributed by atoms with E-state index in [1.165, 1.54) is 0 Å². The predicted molar refractivity (Wildman–Crippen MR) is 151 cm³/mol. The molecule has 3 aliphatic rings. The first-order chi connectivity index (χ1) is 19.5. The van der Waals surface area contributed by atoms with Crippen LogP contribution in [0, 0.1) is 34.5 Å². The van der Waals surface area contributed by atoms with Crippen molar-refractivity contribution in [2.24, 2.45) is 22.7 Å². The molecule has 3 rings (SSSR count). The maximum Gasteiger partial charge on any atom is 0.438 e. The first-order valence-electron chi connectivity index (χ1n) is 15.0. The van der Waals surface area contributed by atoms with Crippen LogP contribution in [0.15, 0.2) is 35.5 Å². The van der Waals surface area contributed by atoms with Crippen LogP contribution in [-0.2, 0) is 0 Å². The van der Waals surface area contributed by atoms with Crippen molar-refractivity contribution in [3.63, 3.8) is 0 Å². The molecular weight excluding hydrogens is 577 g/mol. The Morgan fingerprint density at radius 2 is 1.63 bits per heavy atom. The lowest BCUT2D eigenvalue weighted by Crippen LogP contribution is -2.55. The Labute approximate surface area is 250 Å². The summed E-state index contributed by atoms with van der Waals surface area (Å²) in [6.45, 7) is 11.1. The number of alkyl halides is 7. The molecule has 43 heavy (non-hydrogen) atoms. The highest BCUT2D eigenvalue weighted by atomic mass is 19.4. The zero-order chi connectivity index (χ0) is 32.6. The zero-order valence-electron chi connectivity index (χ0n) is 25.4. The molecule has 0 aliphatic heterocycles. The molecule has 0 saturated heterocycles. The zero-order valence-corrected chi connectivity index (χ0v) is 25.4. The quantitative estimate of drug-likeness (QED) is 0.198. The standard InChI is InChI=1S/C33H45F7O3/c1-21-23(19-24(41)20-26(21)34)11-10-22-9-6-17-30(5)25(22)12-13-27(30)29(4,15-7-14-28(2,3)42)16-8-18-31(43,32(35,36)37)33(38,39)40/h10-11,24-27,41-43H,1,6-7,9,12-17,19-20H2,2-5H3/b22-10+,23-11-/t24?,25?,26-,27+,29-,30-/m0/s1. The maximum atomic E-state index is 14.3. The third kappa shape index (κ3) is 7.70. The molecular formula is C33H45F7O3. The number of rotatable bonds is 7. The van der Waals surface area contributed by atoms with Crippen molar-refractivity contribution in [2.75, 3.05) is 0 Å². The lowest BCUT2D eigenvalue weighted by Gasteiger charge is -2.49. The van der Waals surface area contributed by atoms with Gasteiger partial charge in [0, 0.05) is 12.8 Å². The van der Waals surface area contributed by atoms with E-state index >= 15 is 0 Å². The predicted octanol–water partition coefficient (Wildman–Crippen LogP) is 8.30. The molecule has 10 heteroatoms. The van der Waals surface area contributed by atoms with Gasteiger partial charge in [0.05, 0.1) is 11.7 Å². The molecule has 0 aromatic heterocycles. The van der Waals surface area contributed by atoms with E-state index in [2.05, 4.69) is 19.4 Å². The van der Waals surface area contributed by atoms with Gasteiger partial charge in [0.2, 0.25) is 0 Å². The van der Waals surface area contributed by atoms with Gasteiger partial charge in [-0.1, -0.05) is 50.5 Å². The Kier molecular flexibility index (Phi) is 10.4. The van der Waals surface area contributed by atoms with E-state index in [0.29, 0.717) is 43.3 Å². The molecule has 3 fully saturated rings. The molecule has 0 spiro atoms. The molecule has 6 atom stereocenters. The minimum atomic E-state index is -6.01. The highest BCUT2D eigenvalue weighted by Crippen LogP contribution is 2.63. The molecule has 0 amide bonds. The van der Waals surface area contributed by atoms with Gasteiger partial charge in [0.15, 0.2) is 0 Å². The lowest BCUT2D eigenvalue weighted by molar-refractivity contribution is -0.343. The number of hydrogen-bond acceptors (Lipinski definition) is 3. The fourth-order valence-corrected chi connectivity index (χ4v) is 7.81. The van der Waals surface area contributed by atoms with Crippen LogP contribution < -0.4 is 0 Å². The van der Waals surface area contributed by atoms with E-state index in [0.717, 1.165) is 37.2 Å². The van der Waals surface area contributed by atoms with E-state index < -0.39 is 41.2 Å². The largest absolute Gasteiger partial charge is 0.438 e. The molecule has 244 valence electrons. The average molecular weight is 623 g/mol. The Morgan fingerprint density at radius 3 is 2.21 bits per heavy atom. The van der Waals surface area contributed by atoms with Gasteiger partial charge in [0.25, 0.3) is 0 Å². The van der Waals surface area contributed by atoms with Crippen LogP contribution in [0.2, 0.25) is 0 Å². The Morgan fingerprint density at radius 1 is 1.00 bits per heavy atom. The smallest absolute Gasteiger partial charge is 0.393 e. The maximum absolute atomic E-state index is 14.3. The molecule has 0 aromatic carbocycles. The van der Waals surface area contributed by atoms with Crippen LogP contribution in [-0.4, -0.2) is 51.1 Å². The second-order valence-electron chi connectivity index (χ2n) is 14.1. The summed E-state index contributed by atoms with van der Waals surface area (Å²) >= 11 is 0. The highest BCUT2D eigenvalue weighted by molar-refractivity contribution is 5.39. The summed E-state index contributed by atoms with van der Waals surface area (Å²) < 4.78 is 94.1. The van der Waals surface area contributed by atoms with Gasteiger partial charge in [-0.05, 0) is 105 Å². The monoisotopic (exact) mass is 622 g/mol. The number of allylic oxidation sites excluding steroid dienone is 4. The van der Waals surface area contributed by atoms with Crippen molar-refractivity contribution < 1.29 is 46.1 Å². The van der Waals surface area contributed by atoms with E-state index in [1.54, 1.807) is 13.8 Å². The summed E-state index contributed by atoms with van der Waals surface area (Å²) in [5.41, 5.74) is -5.05. The average Bonchev–Trinajstić information content (AvgIpc) is 3.21. The molecule has 0 bridgehead atoms. The minimum Gasteiger partial charge on any atom is -0.393 e. The van der Waals surface area contributed by atoms with Gasteiger partial charge in [-0.2, -0.15) is 26.3 Å². The van der Waals surface area contributed by atoms with Crippen molar-refractivity contribution in [2.45, 2.75) is 134 Å². The minimum absolute atomic E-state index is 0.0212. The van der Waals surface area contributed by atoms with E-state index in [1.807, 2.05) is 19.1 Å². The second-order valence-corrected chi connectivity index (χ2v) is 14.1. The topological polar surface area (TPSA) is 60.7 Å². The first kappa shape index (κ1) is 35.6. The van der Waals surface area contributed by atoms with Crippen molar-refractivity contribution in [1.29, 1.82) is 0 Å². The van der Waals surface area contributed by atoms with Crippen LogP contribution in [0.5, 0.6) is 0 Å². The van der Waals surface area contributed by atoms with Crippen molar-refractivity contribution >= 4 is 0 Å². The lowest BCUT2D eigenvalue weighted by atomic mass is 9.55. The normalized spacial score (nSPS) is 32.4. The molecule has 3 aliphatic carbocycles. The van der Waals surface area contributed by atoms with Crippen molar-refractivity contribution in [3.8, 4) is 11.8 Å². The Hall–Kier alpha value is -1.83. The Balaban J connectivity index is 1.95. The van der Waals surface area contributed by atoms with Gasteiger partial charge in [0.1, 0.15) is 6.17 Å². The van der Waals surface area contributed by atoms with Crippen LogP contribution in [0.3, 0.4) is 0 Å². The van der Waals surface area contributed by atoms with E-state index in [4.69, 9.17) is 0 Å². The van der Waals surface area contributed by atoms with Crippen LogP contribution in [0.25, 0.3) is 0 Å². The SMILES string of the molecule is C=C1/C(=C\C=C2/CCC[C@@]3(C)C2CC[C@@H]3[C@](C)(CC#CC(O)(C(F)(F)F)C(F)(F)F)CCCC(C)(C)O)CC(O)C[C@@H]1F. The molecule has 3 N–H and O–H groups in total. The van der Waals surface area contributed by atoms with Gasteiger partial charge < -0.3 is 15.3 Å². The summed E-state index contributed by atoms with van der Waals surface area (Å²) in [4.78, 5) is 0. The fourth-order valence-electron chi connectivity index (χ4n) is 7.81. The highest BCUT2D eigenvalue weighted by Gasteiger charge is 2.70. The van der Waals surface area contributed by atoms with Gasteiger partial charge >= 0.3 is 18.0 Å². The molecule has 0 radical (unpaired) electrons. The number of aliphatic hydroxyl groups excluding tert-OH is 1. The summed E-state index contributed by atoms with van der Waals surface area (Å²) in [7, 11) is 0. The number of hydrogen-bond donors (Lipinski definition) is 3. The van der Waals surface area contributed by atoms with Gasteiger partial charge in [-0.3, -0.25) is 0 Å². The van der Waals surface area contributed by atoms with Gasteiger partial charge in [-0.25, -0.2) is 4.39 Å². The van der Waals surface area contributed by atoms with E-state index in [9.17, 15) is 46.1 Å². The summed E-state index contributed by atoms with van der Waals surface area (Å²) in [6, 6.07) is 0. The van der Waals surface area contributed by atoms with E-state index in [-0.39, 0.29) is 30.1 Å². The second kappa shape index (κ2) is 12.5. The van der Waals surface area contributed by atoms with Crippen molar-refractivity contribution in [1.82, 2.24) is 0 Å². The number of halogens is 7. The summed E-state index contributed by atoms with van der Waals surface area (Å²) in [5.74, 6) is 3.28. The van der Waals surface area contributed by atoms with Crippen molar-refractivity contribution in [3.05, 3.63) is 35.5 Å². The first-order valence-corrected chi connectivity index (χ1v) is 15.0. The molecule has 0 aromatic rings. The van der Waals surface area contributed by atoms with Crippen LogP contribution in [0.1, 0.15) is 98.3 Å². The summed E-state index contributed by atoms with van der Waals surface area (Å²) in [5, 5.41) is 29.9. The number of aliphatic hydroxyl groups is 3. The molecule has 3 saturated carbocycles. The van der Waals surface area contributed by atoms with Crippen LogP contribution >= 0.6 is 0 Å². The third-order valence-corrected chi connectivity index (χ3v) is 10.1. The summed E-state index contributed by atoms with van der Waals surface area (Å²) in [6.07, 6.45) is -5.02. The number of fused-ring (bicyclic) bond motifs is 1. The Bertz CT molecular complexity index is 1140. The molecule has 2 unspecified atom stereocenters. The molecule has 0 heterocycles. The fraction of sp³-hybridized carbons (Fsp3) is 0.758.